The lowest BCUT2D eigenvalue weighted by Crippen LogP contribution is -2.71. The highest BCUT2D eigenvalue weighted by Crippen LogP contribution is 2.41. The molecule has 7 rings (SSSR count). The molecule has 0 radical (unpaired) electrons. The highest BCUT2D eigenvalue weighted by atomic mass is 16.8. The van der Waals surface area contributed by atoms with Crippen LogP contribution in [0.1, 0.15) is 27.2 Å². The monoisotopic (exact) mass is 1360 g/mol. The summed E-state index contributed by atoms with van der Waals surface area (Å²) in [6, 6.07) is -5.50. The Kier molecular flexibility index (Phi) is 27.2. The molecule has 0 aliphatic carbocycles. The Morgan fingerprint density at radius 3 is 1.12 bits per heavy atom. The molecular weight excluding hydrogens is 1280 g/mol. The first-order valence-electron chi connectivity index (χ1n) is 29.3. The maximum Gasteiger partial charge on any atom is 0.364 e. The Hall–Kier alpha value is -3.48. The minimum atomic E-state index is -3.23. The van der Waals surface area contributed by atoms with Gasteiger partial charge in [0.05, 0.1) is 58.4 Å². The molecule has 7 aliphatic heterocycles. The van der Waals surface area contributed by atoms with E-state index in [1.807, 2.05) is 0 Å². The number of aliphatic carboxylic acids is 1. The summed E-state index contributed by atoms with van der Waals surface area (Å²) < 4.78 is 74.5. The summed E-state index contributed by atoms with van der Waals surface area (Å²) in [6.07, 6.45) is -67.1. The van der Waals surface area contributed by atoms with Gasteiger partial charge in [-0.25, -0.2) is 4.79 Å². The van der Waals surface area contributed by atoms with Gasteiger partial charge in [-0.1, -0.05) is 0 Å². The van der Waals surface area contributed by atoms with Crippen molar-refractivity contribution in [1.29, 1.82) is 0 Å². The van der Waals surface area contributed by atoms with E-state index in [2.05, 4.69) is 16.0 Å². The highest BCUT2D eigenvalue weighted by Gasteiger charge is 2.62. The molecule has 0 bridgehead atoms. The Morgan fingerprint density at radius 2 is 0.753 bits per heavy atom. The van der Waals surface area contributed by atoms with Gasteiger partial charge in [-0.05, 0) is 0 Å². The number of hydrogen-bond acceptors (Lipinski definition) is 38. The van der Waals surface area contributed by atoms with E-state index in [0.717, 1.165) is 20.8 Å². The molecule has 36 atom stereocenters. The predicted octanol–water partition coefficient (Wildman–Crippen LogP) is -16.6. The van der Waals surface area contributed by atoms with E-state index >= 15 is 0 Å². The van der Waals surface area contributed by atoms with E-state index in [0.29, 0.717) is 0 Å². The molecule has 0 aromatic carbocycles. The molecule has 42 heteroatoms. The van der Waals surface area contributed by atoms with Gasteiger partial charge in [0, 0.05) is 27.2 Å². The van der Waals surface area contributed by atoms with Crippen LogP contribution in [0.4, 0.5) is 0 Å². The van der Waals surface area contributed by atoms with Crippen molar-refractivity contribution >= 4 is 23.7 Å². The lowest BCUT2D eigenvalue weighted by molar-refractivity contribution is -0.391. The third-order valence-corrected chi connectivity index (χ3v) is 16.7. The summed E-state index contributed by atoms with van der Waals surface area (Å²) in [5.74, 6) is -8.04. The van der Waals surface area contributed by atoms with E-state index in [9.17, 15) is 132 Å². The van der Waals surface area contributed by atoms with Crippen molar-refractivity contribution in [2.24, 2.45) is 0 Å². The molecule has 0 unspecified atom stereocenters. The summed E-state index contributed by atoms with van der Waals surface area (Å²) in [6.45, 7) is -4.82. The largest absolute Gasteiger partial charge is 0.477 e. The van der Waals surface area contributed by atoms with Crippen LogP contribution < -0.4 is 16.0 Å². The van der Waals surface area contributed by atoms with Gasteiger partial charge >= 0.3 is 5.97 Å². The first-order valence-corrected chi connectivity index (χ1v) is 29.3. The number of carbonyl (C=O) groups is 4. The zero-order chi connectivity index (χ0) is 69.0. The zero-order valence-electron chi connectivity index (χ0n) is 49.6. The quantitative estimate of drug-likeness (QED) is 0.0404. The van der Waals surface area contributed by atoms with Crippen LogP contribution in [-0.2, 0) is 80.8 Å². The predicted molar refractivity (Wildman–Crippen MR) is 284 cm³/mol. The summed E-state index contributed by atoms with van der Waals surface area (Å²) >= 11 is 0. The first kappa shape index (κ1) is 76.9. The Labute approximate surface area is 525 Å². The Bertz CT molecular complexity index is 2420. The minimum absolute atomic E-state index is 0.843. The molecule has 25 N–H and O–H groups in total. The third-order valence-electron chi connectivity index (χ3n) is 16.7. The van der Waals surface area contributed by atoms with Gasteiger partial charge in [-0.3, -0.25) is 14.4 Å². The molecule has 7 saturated heterocycles. The summed E-state index contributed by atoms with van der Waals surface area (Å²) in [7, 11) is 0. The van der Waals surface area contributed by atoms with Crippen LogP contribution in [0.5, 0.6) is 0 Å². The van der Waals surface area contributed by atoms with Gasteiger partial charge in [0.15, 0.2) is 37.7 Å². The van der Waals surface area contributed by atoms with Crippen molar-refractivity contribution in [3.63, 3.8) is 0 Å². The van der Waals surface area contributed by atoms with Crippen LogP contribution in [0.3, 0.4) is 0 Å². The number of ether oxygens (including phenoxy) is 13. The molecule has 0 spiro atoms. The summed E-state index contributed by atoms with van der Waals surface area (Å²) in [4.78, 5) is 50.7. The van der Waals surface area contributed by atoms with E-state index in [1.165, 1.54) is 0 Å². The first-order chi connectivity index (χ1) is 43.8. The topological polar surface area (TPSA) is 669 Å². The number of aliphatic hydroxyl groups is 21. The van der Waals surface area contributed by atoms with Crippen LogP contribution in [0.2, 0.25) is 0 Å². The second-order valence-corrected chi connectivity index (χ2v) is 23.2. The average Bonchev–Trinajstić information content (AvgIpc) is 0.771. The Balaban J connectivity index is 1.10. The fraction of sp³-hybridized carbons (Fsp3) is 0.922. The second kappa shape index (κ2) is 32.9. The molecule has 538 valence electrons. The van der Waals surface area contributed by atoms with Crippen LogP contribution in [0, 0.1) is 0 Å². The molecule has 0 saturated carbocycles. The number of carboxylic acids is 1. The minimum Gasteiger partial charge on any atom is -0.477 e. The average molecular weight is 1360 g/mol. The lowest BCUT2D eigenvalue weighted by Gasteiger charge is -2.51. The normalized spacial score (nSPS) is 47.2. The van der Waals surface area contributed by atoms with Gasteiger partial charge < -0.3 is 190 Å². The zero-order valence-corrected chi connectivity index (χ0v) is 49.6. The number of rotatable bonds is 25. The molecule has 42 nitrogen and oxygen atoms in total. The molecule has 3 amide bonds. The van der Waals surface area contributed by atoms with Crippen molar-refractivity contribution in [3.8, 4) is 0 Å². The fourth-order valence-electron chi connectivity index (χ4n) is 11.9. The van der Waals surface area contributed by atoms with Crippen molar-refractivity contribution in [1.82, 2.24) is 16.0 Å². The second-order valence-electron chi connectivity index (χ2n) is 23.2. The van der Waals surface area contributed by atoms with E-state index in [4.69, 9.17) is 61.6 Å². The van der Waals surface area contributed by atoms with Crippen LogP contribution >= 0.6 is 0 Å². The van der Waals surface area contributed by atoms with Crippen molar-refractivity contribution in [2.75, 3.05) is 46.2 Å². The Morgan fingerprint density at radius 1 is 0.419 bits per heavy atom. The van der Waals surface area contributed by atoms with Crippen LogP contribution in [0.15, 0.2) is 0 Å². The van der Waals surface area contributed by atoms with Crippen LogP contribution in [-0.4, -0.2) is 403 Å². The fourth-order valence-corrected chi connectivity index (χ4v) is 11.9. The molecule has 0 aromatic heterocycles. The highest BCUT2D eigenvalue weighted by molar-refractivity contribution is 5.77. The molecule has 7 fully saturated rings. The molecular formula is C51H85N3O39. The molecule has 0 aromatic rings. The maximum atomic E-state index is 13.1. The number of amides is 3. The summed E-state index contributed by atoms with van der Waals surface area (Å²) in [5.41, 5.74) is 0. The van der Waals surface area contributed by atoms with E-state index in [1.54, 1.807) is 0 Å². The van der Waals surface area contributed by atoms with E-state index < -0.39 is 297 Å². The van der Waals surface area contributed by atoms with Gasteiger partial charge in [-0.2, -0.15) is 0 Å². The smallest absolute Gasteiger partial charge is 0.364 e. The molecule has 93 heavy (non-hydrogen) atoms. The summed E-state index contributed by atoms with van der Waals surface area (Å²) in [5, 5.41) is 246. The number of hydrogen-bond donors (Lipinski definition) is 25. The van der Waals surface area contributed by atoms with Gasteiger partial charge in [0.25, 0.3) is 5.79 Å². The third kappa shape index (κ3) is 16.6. The number of nitrogens with one attached hydrogen (secondary N) is 3. The van der Waals surface area contributed by atoms with Gasteiger partial charge in [-0.15, -0.1) is 0 Å². The number of carboxylic acid groups (broad SMARTS) is 1. The van der Waals surface area contributed by atoms with E-state index in [-0.39, 0.29) is 0 Å². The SMILES string of the molecule is CC(=O)N[C@H]1[C@H](O[C@H]2[C@@H](O)[C@@H](CO)O[C@@H](O[C@H]3[C@H](O)[C@@H](O)[C@H](O)O[C@@H]3CO)[C@@H]2O)O[C@H](CO)[C@@H](O[C@@H]2O[C@H](CO)[C@H](O)[C@H](O[C@H]3O[C@H](CO)[C@@H](O[C@@H]4O[C@H](CO)[C@H](O)[C@H](O[C@]5(C(=O)O)C[C@H](O)[C@@H](NC(C)=O)[C@H]([C@H](O)[C@H](O)CO)O5)[C@H]4O)[C@H](O)[C@H]3NC(C)=O)[C@H]2O)[C@@H]1O. The molecule has 7 aliphatic rings. The maximum absolute atomic E-state index is 13.1. The van der Waals surface area contributed by atoms with Crippen molar-refractivity contribution < 1.29 is 193 Å². The van der Waals surface area contributed by atoms with Crippen LogP contribution in [0.25, 0.3) is 0 Å². The van der Waals surface area contributed by atoms with Gasteiger partial charge in [0.1, 0.15) is 165 Å². The standard InChI is InChI=1S/C51H85N3O39/c1-12(62)52-23-15(65)4-51(50(79)80,92-40(23)26(67)16(66)5-55)93-43-29(70)19(8-58)84-49(36(43)77)88-38-22(11-61)86-46(25(31(38)72)54-14(3)64)90-41-27(68)17(6-56)82-47(34(41)75)87-37-21(10-60)85-45(24(30(37)71)53-13(2)63)91-42-28(69)18(7-57)83-48(35(42)76)89-39-20(9-59)81-44(78)33(74)32(39)73/h15-49,55-61,65-78H,4-11H2,1-3H3,(H,52,62)(H,53,63)(H,54,64)(H,79,80)/t15-,16+,17+,18+,19+,20+,21+,22+,23+,24+,25+,26+,27-,28-,29-,30+,31+,32+,33+,34+,35+,36+,37+,38+,39+,40+,41-,42-,43-,44+,45-,46+,47-,48-,49-,51-/m0/s1. The van der Waals surface area contributed by atoms with Gasteiger partial charge in [0.2, 0.25) is 17.7 Å². The number of carbonyl (C=O) groups excluding carboxylic acids is 3. The van der Waals surface area contributed by atoms with Crippen molar-refractivity contribution in [2.45, 2.75) is 248 Å². The molecule has 7 heterocycles. The lowest BCUT2D eigenvalue weighted by atomic mass is 9.88. The van der Waals surface area contributed by atoms with Crippen molar-refractivity contribution in [3.05, 3.63) is 0 Å². The number of aliphatic hydroxyl groups excluding tert-OH is 21.